The first-order chi connectivity index (χ1) is 10.5. The molecule has 1 saturated carbocycles. The third-order valence-electron chi connectivity index (χ3n) is 4.93. The van der Waals surface area contributed by atoms with Crippen molar-refractivity contribution in [2.45, 2.75) is 70.6 Å². The van der Waals surface area contributed by atoms with Crippen molar-refractivity contribution in [1.29, 1.82) is 0 Å². The lowest BCUT2D eigenvalue weighted by Gasteiger charge is -2.32. The topological polar surface area (TPSA) is 56.2 Å². The Balaban J connectivity index is 1.55. The molecule has 0 radical (unpaired) electrons. The Labute approximate surface area is 136 Å². The van der Waals surface area contributed by atoms with Crippen LogP contribution in [0.1, 0.15) is 49.9 Å². The number of nitrogens with zero attached hydrogens (tertiary/aromatic N) is 2. The van der Waals surface area contributed by atoms with Crippen LogP contribution >= 0.6 is 11.6 Å². The van der Waals surface area contributed by atoms with Crippen LogP contribution in [-0.4, -0.2) is 33.9 Å². The molecule has 2 fully saturated rings. The Kier molecular flexibility index (Phi) is 4.46. The molecule has 1 aliphatic carbocycles. The lowest BCUT2D eigenvalue weighted by Crippen LogP contribution is -2.39. The summed E-state index contributed by atoms with van der Waals surface area (Å²) in [6.45, 7) is 4.57. The van der Waals surface area contributed by atoms with E-state index in [0.717, 1.165) is 30.7 Å². The fourth-order valence-electron chi connectivity index (χ4n) is 3.72. The fraction of sp³-hybridized carbons (Fsp3) is 0.750. The first-order valence-corrected chi connectivity index (χ1v) is 8.50. The number of carbonyl (C=O) groups excluding carboxylic acids is 1. The summed E-state index contributed by atoms with van der Waals surface area (Å²) < 4.78 is 7.70. The molecular formula is C16H24ClN3O2. The summed E-state index contributed by atoms with van der Waals surface area (Å²) in [6, 6.07) is 0.123. The van der Waals surface area contributed by atoms with Crippen molar-refractivity contribution in [3.8, 4) is 0 Å². The molecule has 1 aromatic heterocycles. The van der Waals surface area contributed by atoms with E-state index in [-0.39, 0.29) is 24.1 Å². The maximum absolute atomic E-state index is 12.2. The molecule has 0 bridgehead atoms. The molecule has 1 spiro atoms. The number of hydrogen-bond acceptors (Lipinski definition) is 3. The summed E-state index contributed by atoms with van der Waals surface area (Å²) >= 11 is 6.11. The third-order valence-corrected chi connectivity index (χ3v) is 5.47. The smallest absolute Gasteiger partial charge is 0.242 e. The van der Waals surface area contributed by atoms with Crippen LogP contribution in [0.15, 0.2) is 0 Å². The van der Waals surface area contributed by atoms with Gasteiger partial charge >= 0.3 is 0 Å². The summed E-state index contributed by atoms with van der Waals surface area (Å²) in [5.41, 5.74) is 1.62. The number of rotatable bonds is 3. The molecule has 3 rings (SSSR count). The Hall–Kier alpha value is -1.07. The van der Waals surface area contributed by atoms with Crippen LogP contribution in [0.2, 0.25) is 5.02 Å². The van der Waals surface area contributed by atoms with Gasteiger partial charge in [-0.3, -0.25) is 9.48 Å². The van der Waals surface area contributed by atoms with Crippen molar-refractivity contribution >= 4 is 17.5 Å². The van der Waals surface area contributed by atoms with Crippen LogP contribution in [0.3, 0.4) is 0 Å². The number of amides is 1. The zero-order valence-electron chi connectivity index (χ0n) is 13.3. The molecule has 6 heteroatoms. The minimum Gasteiger partial charge on any atom is -0.373 e. The molecular weight excluding hydrogens is 302 g/mol. The second-order valence-corrected chi connectivity index (χ2v) is 7.04. The number of aryl methyl sites for hydroxylation is 1. The van der Waals surface area contributed by atoms with Crippen LogP contribution < -0.4 is 5.32 Å². The number of nitrogens with one attached hydrogen (secondary N) is 1. The second kappa shape index (κ2) is 6.20. The van der Waals surface area contributed by atoms with E-state index in [1.54, 1.807) is 4.68 Å². The van der Waals surface area contributed by atoms with Crippen molar-refractivity contribution in [1.82, 2.24) is 15.1 Å². The minimum atomic E-state index is -0.0243. The Morgan fingerprint density at radius 2 is 2.14 bits per heavy atom. The van der Waals surface area contributed by atoms with Crippen LogP contribution in [0.5, 0.6) is 0 Å². The lowest BCUT2D eigenvalue weighted by molar-refractivity contribution is -0.122. The van der Waals surface area contributed by atoms with Gasteiger partial charge in [0.1, 0.15) is 6.54 Å². The highest BCUT2D eigenvalue weighted by Crippen LogP contribution is 2.39. The van der Waals surface area contributed by atoms with Gasteiger partial charge in [-0.15, -0.1) is 0 Å². The predicted octanol–water partition coefficient (Wildman–Crippen LogP) is 2.76. The molecule has 1 N–H and O–H groups in total. The minimum absolute atomic E-state index is 0.0243. The van der Waals surface area contributed by atoms with Crippen LogP contribution in [0.4, 0.5) is 0 Å². The van der Waals surface area contributed by atoms with Gasteiger partial charge in [0.2, 0.25) is 5.91 Å². The van der Waals surface area contributed by atoms with Gasteiger partial charge in [0, 0.05) is 0 Å². The molecule has 0 unspecified atom stereocenters. The molecule has 2 heterocycles. The number of hydrogen-bond donors (Lipinski definition) is 1. The average Bonchev–Trinajstić information content (AvgIpc) is 2.97. The Bertz CT molecular complexity index is 564. The van der Waals surface area contributed by atoms with Crippen molar-refractivity contribution in [2.24, 2.45) is 0 Å². The molecule has 5 nitrogen and oxygen atoms in total. The van der Waals surface area contributed by atoms with Crippen molar-refractivity contribution < 1.29 is 9.53 Å². The Morgan fingerprint density at radius 1 is 1.41 bits per heavy atom. The predicted molar refractivity (Wildman–Crippen MR) is 85.0 cm³/mol. The van der Waals surface area contributed by atoms with E-state index < -0.39 is 0 Å². The van der Waals surface area contributed by atoms with Gasteiger partial charge in [-0.05, 0) is 33.1 Å². The lowest BCUT2D eigenvalue weighted by atomic mass is 9.82. The van der Waals surface area contributed by atoms with E-state index in [9.17, 15) is 4.79 Å². The second-order valence-electron chi connectivity index (χ2n) is 6.67. The van der Waals surface area contributed by atoms with Gasteiger partial charge in [0.25, 0.3) is 0 Å². The molecule has 22 heavy (non-hydrogen) atoms. The van der Waals surface area contributed by atoms with E-state index >= 15 is 0 Å². The number of halogens is 1. The van der Waals surface area contributed by atoms with Crippen LogP contribution in [0, 0.1) is 13.8 Å². The number of carbonyl (C=O) groups is 1. The Morgan fingerprint density at radius 3 is 2.77 bits per heavy atom. The summed E-state index contributed by atoms with van der Waals surface area (Å²) in [5, 5.41) is 8.02. The largest absolute Gasteiger partial charge is 0.373 e. The van der Waals surface area contributed by atoms with E-state index in [1.807, 2.05) is 13.8 Å². The summed E-state index contributed by atoms with van der Waals surface area (Å²) in [7, 11) is 0. The molecule has 122 valence electrons. The molecule has 0 aromatic carbocycles. The molecule has 1 atom stereocenters. The van der Waals surface area contributed by atoms with Gasteiger partial charge in [-0.1, -0.05) is 30.9 Å². The highest BCUT2D eigenvalue weighted by atomic mass is 35.5. The van der Waals surface area contributed by atoms with Crippen LogP contribution in [-0.2, 0) is 16.1 Å². The monoisotopic (exact) mass is 325 g/mol. The van der Waals surface area contributed by atoms with Crippen molar-refractivity contribution in [3.05, 3.63) is 16.4 Å². The summed E-state index contributed by atoms with van der Waals surface area (Å²) in [6.07, 6.45) is 6.99. The SMILES string of the molecule is Cc1nn(CC(=O)N[C@@H]2COC3(CCCCC3)C2)c(C)c1Cl. The van der Waals surface area contributed by atoms with E-state index in [1.165, 1.54) is 19.3 Å². The first-order valence-electron chi connectivity index (χ1n) is 8.12. The van der Waals surface area contributed by atoms with Gasteiger partial charge < -0.3 is 10.1 Å². The third kappa shape index (κ3) is 3.15. The average molecular weight is 326 g/mol. The van der Waals surface area contributed by atoms with Gasteiger partial charge in [-0.25, -0.2) is 0 Å². The maximum Gasteiger partial charge on any atom is 0.242 e. The molecule has 2 aliphatic rings. The quantitative estimate of drug-likeness (QED) is 0.929. The summed E-state index contributed by atoms with van der Waals surface area (Å²) in [5.74, 6) is -0.0243. The van der Waals surface area contributed by atoms with E-state index in [2.05, 4.69) is 10.4 Å². The number of aromatic nitrogens is 2. The zero-order chi connectivity index (χ0) is 15.7. The maximum atomic E-state index is 12.2. The normalized spacial score (nSPS) is 23.9. The van der Waals surface area contributed by atoms with Gasteiger partial charge in [0.15, 0.2) is 0 Å². The fourth-order valence-corrected chi connectivity index (χ4v) is 3.86. The molecule has 1 saturated heterocycles. The standard InChI is InChI=1S/C16H24ClN3O2/c1-11-15(17)12(2)20(19-11)9-14(21)18-13-8-16(22-10-13)6-4-3-5-7-16/h13H,3-10H2,1-2H3,(H,18,21)/t13-/m0/s1. The highest BCUT2D eigenvalue weighted by molar-refractivity contribution is 6.31. The van der Waals surface area contributed by atoms with Gasteiger partial charge in [0.05, 0.1) is 34.7 Å². The first kappa shape index (κ1) is 15.8. The van der Waals surface area contributed by atoms with E-state index in [0.29, 0.717) is 11.6 Å². The highest BCUT2D eigenvalue weighted by Gasteiger charge is 2.41. The van der Waals surface area contributed by atoms with Crippen LogP contribution in [0.25, 0.3) is 0 Å². The zero-order valence-corrected chi connectivity index (χ0v) is 14.1. The van der Waals surface area contributed by atoms with Gasteiger partial charge in [-0.2, -0.15) is 5.10 Å². The number of ether oxygens (including phenoxy) is 1. The van der Waals surface area contributed by atoms with E-state index in [4.69, 9.17) is 16.3 Å². The van der Waals surface area contributed by atoms with Crippen molar-refractivity contribution in [3.63, 3.8) is 0 Å². The van der Waals surface area contributed by atoms with Crippen molar-refractivity contribution in [2.75, 3.05) is 6.61 Å². The molecule has 1 aromatic rings. The molecule has 1 aliphatic heterocycles. The summed E-state index contributed by atoms with van der Waals surface area (Å²) in [4.78, 5) is 12.2. The molecule has 1 amide bonds.